The van der Waals surface area contributed by atoms with E-state index < -0.39 is 0 Å². The third kappa shape index (κ3) is 7.01. The van der Waals surface area contributed by atoms with Crippen molar-refractivity contribution in [2.24, 2.45) is 4.99 Å². The zero-order valence-electron chi connectivity index (χ0n) is 19.1. The topological polar surface area (TPSA) is 97.5 Å². The van der Waals surface area contributed by atoms with Crippen LogP contribution in [-0.4, -0.2) is 34.7 Å². The van der Waals surface area contributed by atoms with Gasteiger partial charge in [-0.05, 0) is 42.8 Å². The van der Waals surface area contributed by atoms with Crippen LogP contribution in [0.1, 0.15) is 17.0 Å². The van der Waals surface area contributed by atoms with E-state index in [-0.39, 0.29) is 24.0 Å². The zero-order chi connectivity index (χ0) is 22.9. The monoisotopic (exact) mass is 570 g/mol. The average molecular weight is 570 g/mol. The summed E-state index contributed by atoms with van der Waals surface area (Å²) in [6.45, 7) is 3.21. The maximum atomic E-state index is 6.10. The van der Waals surface area contributed by atoms with Crippen LogP contribution in [0.25, 0.3) is 11.6 Å². The van der Waals surface area contributed by atoms with Crippen LogP contribution in [0.2, 0.25) is 0 Å². The third-order valence-electron chi connectivity index (χ3n) is 4.86. The Kier molecular flexibility index (Phi) is 9.39. The van der Waals surface area contributed by atoms with Crippen LogP contribution >= 0.6 is 24.0 Å². The Morgan fingerprint density at radius 1 is 1.03 bits per heavy atom. The van der Waals surface area contributed by atoms with Gasteiger partial charge in [-0.3, -0.25) is 9.98 Å². The molecule has 9 heteroatoms. The number of halogens is 1. The molecule has 0 fully saturated rings. The Morgan fingerprint density at radius 2 is 1.85 bits per heavy atom. The molecule has 2 aromatic heterocycles. The van der Waals surface area contributed by atoms with Gasteiger partial charge in [0.25, 0.3) is 5.89 Å². The highest BCUT2D eigenvalue weighted by molar-refractivity contribution is 14.0. The van der Waals surface area contributed by atoms with E-state index in [1.807, 2.05) is 61.5 Å². The Morgan fingerprint density at radius 3 is 2.62 bits per heavy atom. The summed E-state index contributed by atoms with van der Waals surface area (Å²) >= 11 is 0. The van der Waals surface area contributed by atoms with Crippen LogP contribution < -0.4 is 15.4 Å². The van der Waals surface area contributed by atoms with Crippen molar-refractivity contribution in [3.63, 3.8) is 0 Å². The van der Waals surface area contributed by atoms with E-state index in [1.165, 1.54) is 0 Å². The smallest absolute Gasteiger partial charge is 0.276 e. The first-order valence-corrected chi connectivity index (χ1v) is 10.7. The maximum Gasteiger partial charge on any atom is 0.276 e. The van der Waals surface area contributed by atoms with Crippen molar-refractivity contribution in [2.45, 2.75) is 19.9 Å². The molecule has 0 unspecified atom stereocenters. The number of ether oxygens (including phenoxy) is 1. The van der Waals surface area contributed by atoms with Crippen molar-refractivity contribution in [2.75, 3.05) is 13.6 Å². The van der Waals surface area contributed by atoms with Gasteiger partial charge in [-0.1, -0.05) is 41.6 Å². The van der Waals surface area contributed by atoms with Crippen LogP contribution in [0, 0.1) is 6.92 Å². The van der Waals surface area contributed by atoms with E-state index in [0.717, 1.165) is 22.6 Å². The predicted molar refractivity (Wildman–Crippen MR) is 143 cm³/mol. The van der Waals surface area contributed by atoms with Crippen molar-refractivity contribution in [3.8, 4) is 23.1 Å². The van der Waals surface area contributed by atoms with Crippen molar-refractivity contribution in [3.05, 3.63) is 89.9 Å². The molecule has 4 rings (SSSR count). The van der Waals surface area contributed by atoms with Crippen LogP contribution in [-0.2, 0) is 13.0 Å². The summed E-state index contributed by atoms with van der Waals surface area (Å²) in [4.78, 5) is 12.9. The minimum atomic E-state index is 0. The van der Waals surface area contributed by atoms with Gasteiger partial charge in [0.2, 0.25) is 0 Å². The summed E-state index contributed by atoms with van der Waals surface area (Å²) in [5.74, 6) is 3.32. The number of aromatic nitrogens is 3. The third-order valence-corrected chi connectivity index (χ3v) is 4.86. The Bertz CT molecular complexity index is 1200. The second-order valence-electron chi connectivity index (χ2n) is 7.36. The van der Waals surface area contributed by atoms with E-state index in [9.17, 15) is 0 Å². The quantitative estimate of drug-likeness (QED) is 0.179. The molecule has 0 spiro atoms. The number of nitrogens with one attached hydrogen (secondary N) is 2. The summed E-state index contributed by atoms with van der Waals surface area (Å²) in [5, 5.41) is 10.6. The summed E-state index contributed by atoms with van der Waals surface area (Å²) in [6, 6.07) is 21.5. The van der Waals surface area contributed by atoms with E-state index in [1.54, 1.807) is 13.2 Å². The average Bonchev–Trinajstić information content (AvgIpc) is 3.32. The van der Waals surface area contributed by atoms with Gasteiger partial charge in [-0.15, -0.1) is 24.0 Å². The summed E-state index contributed by atoms with van der Waals surface area (Å²) in [6.07, 6.45) is 2.28. The van der Waals surface area contributed by atoms with Gasteiger partial charge in [-0.25, -0.2) is 0 Å². The SMILES string of the molecule is CN=C(NCCc1noc(-c2ccccn2)n1)NCc1ccc(C)cc1Oc1ccccc1.I. The molecule has 0 aliphatic carbocycles. The summed E-state index contributed by atoms with van der Waals surface area (Å²) in [7, 11) is 1.74. The number of rotatable bonds is 8. The van der Waals surface area contributed by atoms with Gasteiger partial charge < -0.3 is 19.9 Å². The summed E-state index contributed by atoms with van der Waals surface area (Å²) in [5.41, 5.74) is 2.83. The molecule has 34 heavy (non-hydrogen) atoms. The van der Waals surface area contributed by atoms with Crippen LogP contribution in [0.5, 0.6) is 11.5 Å². The Hall–Kier alpha value is -3.47. The molecule has 8 nitrogen and oxygen atoms in total. The van der Waals surface area contributed by atoms with Gasteiger partial charge in [0, 0.05) is 38.3 Å². The molecular formula is C25H27IN6O2. The number of hydrogen-bond donors (Lipinski definition) is 2. The molecule has 2 heterocycles. The van der Waals surface area contributed by atoms with Gasteiger partial charge in [0.1, 0.15) is 17.2 Å². The fraction of sp³-hybridized carbons (Fsp3) is 0.200. The van der Waals surface area contributed by atoms with Crippen molar-refractivity contribution in [1.29, 1.82) is 0 Å². The van der Waals surface area contributed by atoms with E-state index >= 15 is 0 Å². The largest absolute Gasteiger partial charge is 0.457 e. The van der Waals surface area contributed by atoms with Crippen LogP contribution in [0.4, 0.5) is 0 Å². The Balaban J connectivity index is 0.00000324. The first-order chi connectivity index (χ1) is 16.2. The van der Waals surface area contributed by atoms with Crippen LogP contribution in [0.15, 0.2) is 82.4 Å². The Labute approximate surface area is 215 Å². The molecule has 0 saturated carbocycles. The first kappa shape index (κ1) is 25.2. The van der Waals surface area contributed by atoms with Crippen molar-refractivity contribution >= 4 is 29.9 Å². The molecule has 0 saturated heterocycles. The number of nitrogens with zero attached hydrogens (tertiary/aromatic N) is 4. The number of benzene rings is 2. The maximum absolute atomic E-state index is 6.10. The van der Waals surface area contributed by atoms with E-state index in [2.05, 4.69) is 42.9 Å². The number of pyridine rings is 1. The molecule has 176 valence electrons. The number of para-hydroxylation sites is 1. The van der Waals surface area contributed by atoms with Gasteiger partial charge in [0.05, 0.1) is 0 Å². The summed E-state index contributed by atoms with van der Waals surface area (Å²) < 4.78 is 11.4. The highest BCUT2D eigenvalue weighted by atomic mass is 127. The molecule has 0 aliphatic heterocycles. The first-order valence-electron chi connectivity index (χ1n) is 10.7. The standard InChI is InChI=1S/C25H26N6O2.HI/c1-18-11-12-19(22(16-18)32-20-8-4-3-5-9-20)17-29-25(26-2)28-15-13-23-30-24(33-31-23)21-10-6-7-14-27-21;/h3-12,14,16H,13,15,17H2,1-2H3,(H2,26,28,29);1H. The van der Waals surface area contributed by atoms with Crippen molar-refractivity contribution < 1.29 is 9.26 Å². The second-order valence-corrected chi connectivity index (χ2v) is 7.36. The molecule has 0 amide bonds. The fourth-order valence-electron chi connectivity index (χ4n) is 3.16. The number of guanidine groups is 1. The molecular weight excluding hydrogens is 543 g/mol. The molecule has 0 aliphatic rings. The highest BCUT2D eigenvalue weighted by Crippen LogP contribution is 2.26. The number of aryl methyl sites for hydroxylation is 1. The molecule has 2 aromatic carbocycles. The number of hydrogen-bond acceptors (Lipinski definition) is 6. The minimum absolute atomic E-state index is 0. The lowest BCUT2D eigenvalue weighted by Gasteiger charge is -2.15. The normalized spacial score (nSPS) is 10.9. The van der Waals surface area contributed by atoms with Crippen LogP contribution in [0.3, 0.4) is 0 Å². The lowest BCUT2D eigenvalue weighted by Crippen LogP contribution is -2.38. The number of aliphatic imine (C=N–C) groups is 1. The van der Waals surface area contributed by atoms with E-state index in [0.29, 0.717) is 42.9 Å². The highest BCUT2D eigenvalue weighted by Gasteiger charge is 2.10. The van der Waals surface area contributed by atoms with Gasteiger partial charge in [-0.2, -0.15) is 4.98 Å². The predicted octanol–water partition coefficient (Wildman–Crippen LogP) is 4.76. The molecule has 0 radical (unpaired) electrons. The fourth-order valence-corrected chi connectivity index (χ4v) is 3.16. The molecule has 0 atom stereocenters. The van der Waals surface area contributed by atoms with Gasteiger partial charge >= 0.3 is 0 Å². The van der Waals surface area contributed by atoms with Gasteiger partial charge in [0.15, 0.2) is 11.8 Å². The second kappa shape index (κ2) is 12.7. The lowest BCUT2D eigenvalue weighted by molar-refractivity contribution is 0.421. The van der Waals surface area contributed by atoms with Crippen molar-refractivity contribution in [1.82, 2.24) is 25.8 Å². The zero-order valence-corrected chi connectivity index (χ0v) is 21.4. The molecule has 0 bridgehead atoms. The van der Waals surface area contributed by atoms with E-state index in [4.69, 9.17) is 9.26 Å². The molecule has 4 aromatic rings. The minimum Gasteiger partial charge on any atom is -0.457 e. The molecule has 2 N–H and O–H groups in total. The lowest BCUT2D eigenvalue weighted by atomic mass is 10.1.